The van der Waals surface area contributed by atoms with Crippen LogP contribution in [0.4, 0.5) is 5.69 Å². The summed E-state index contributed by atoms with van der Waals surface area (Å²) >= 11 is 3.37. The molecule has 3 nitrogen and oxygen atoms in total. The van der Waals surface area contributed by atoms with Gasteiger partial charge in [0.15, 0.2) is 0 Å². The summed E-state index contributed by atoms with van der Waals surface area (Å²) in [5.41, 5.74) is 1.91. The molecule has 4 heteroatoms. The number of nitro groups is 1. The van der Waals surface area contributed by atoms with Gasteiger partial charge in [-0.2, -0.15) is 0 Å². The lowest BCUT2D eigenvalue weighted by molar-refractivity contribution is -0.384. The molecule has 2 aromatic rings. The zero-order valence-corrected chi connectivity index (χ0v) is 9.85. The fourth-order valence-electron chi connectivity index (χ4n) is 1.47. The predicted octanol–water partition coefficient (Wildman–Crippen LogP) is 4.02. The van der Waals surface area contributed by atoms with Gasteiger partial charge in [0.2, 0.25) is 0 Å². The molecule has 0 radical (unpaired) electrons. The van der Waals surface area contributed by atoms with Crippen molar-refractivity contribution in [3.63, 3.8) is 0 Å². The molecule has 2 aromatic carbocycles. The van der Waals surface area contributed by atoms with Crippen molar-refractivity contribution in [2.24, 2.45) is 0 Å². The van der Waals surface area contributed by atoms with Gasteiger partial charge in [-0.05, 0) is 23.3 Å². The Morgan fingerprint density at radius 3 is 2.25 bits per heavy atom. The predicted molar refractivity (Wildman–Crippen MR) is 66.2 cm³/mol. The molecule has 0 saturated heterocycles. The molecule has 0 heterocycles. The van der Waals surface area contributed by atoms with Crippen LogP contribution in [0.1, 0.15) is 0 Å². The number of non-ortho nitro benzene ring substituents is 1. The molecule has 2 rings (SSSR count). The van der Waals surface area contributed by atoms with Crippen molar-refractivity contribution in [2.75, 3.05) is 0 Å². The molecule has 0 bridgehead atoms. The summed E-state index contributed by atoms with van der Waals surface area (Å²) in [7, 11) is 0. The molecule has 0 aliphatic heterocycles. The normalized spacial score (nSPS) is 10.1. The Hall–Kier alpha value is -1.68. The van der Waals surface area contributed by atoms with E-state index in [0.717, 1.165) is 15.6 Å². The van der Waals surface area contributed by atoms with Gasteiger partial charge in [-0.1, -0.05) is 40.2 Å². The van der Waals surface area contributed by atoms with Crippen molar-refractivity contribution >= 4 is 21.6 Å². The van der Waals surface area contributed by atoms with Crippen molar-refractivity contribution in [1.29, 1.82) is 0 Å². The molecule has 0 N–H and O–H groups in total. The molecule has 0 atom stereocenters. The van der Waals surface area contributed by atoms with E-state index >= 15 is 0 Å². The van der Waals surface area contributed by atoms with E-state index in [1.54, 1.807) is 12.1 Å². The first-order valence-electron chi connectivity index (χ1n) is 4.67. The molecule has 0 spiro atoms. The number of halogens is 1. The molecular formula is C12H8BrNO2. The lowest BCUT2D eigenvalue weighted by Gasteiger charge is -2.01. The second kappa shape index (κ2) is 4.45. The van der Waals surface area contributed by atoms with Gasteiger partial charge in [-0.15, -0.1) is 0 Å². The summed E-state index contributed by atoms with van der Waals surface area (Å²) in [6.45, 7) is 0. The Kier molecular flexibility index (Phi) is 3.01. The van der Waals surface area contributed by atoms with E-state index < -0.39 is 0 Å². The van der Waals surface area contributed by atoms with Crippen LogP contribution < -0.4 is 0 Å². The summed E-state index contributed by atoms with van der Waals surface area (Å²) in [6.07, 6.45) is 0. The van der Waals surface area contributed by atoms with Crippen molar-refractivity contribution < 1.29 is 4.92 Å². The highest BCUT2D eigenvalue weighted by Crippen LogP contribution is 2.25. The minimum absolute atomic E-state index is 0.109. The van der Waals surface area contributed by atoms with Crippen molar-refractivity contribution in [1.82, 2.24) is 0 Å². The Morgan fingerprint density at radius 1 is 1.00 bits per heavy atom. The van der Waals surface area contributed by atoms with Crippen LogP contribution in [0.15, 0.2) is 53.0 Å². The summed E-state index contributed by atoms with van der Waals surface area (Å²) in [4.78, 5) is 10.3. The molecule has 0 aromatic heterocycles. The third kappa shape index (κ3) is 2.28. The maximum absolute atomic E-state index is 10.6. The number of nitrogens with zero attached hydrogens (tertiary/aromatic N) is 1. The molecular weight excluding hydrogens is 270 g/mol. The van der Waals surface area contributed by atoms with Gasteiger partial charge in [-0.3, -0.25) is 10.1 Å². The van der Waals surface area contributed by atoms with Crippen LogP contribution in [0.3, 0.4) is 0 Å². The fraction of sp³-hybridized carbons (Fsp3) is 0. The molecule has 0 fully saturated rings. The van der Waals surface area contributed by atoms with Crippen LogP contribution >= 0.6 is 15.9 Å². The zero-order valence-electron chi connectivity index (χ0n) is 8.26. The van der Waals surface area contributed by atoms with Crippen molar-refractivity contribution in [3.8, 4) is 11.1 Å². The number of hydrogen-bond donors (Lipinski definition) is 0. The molecule has 0 amide bonds. The monoisotopic (exact) mass is 277 g/mol. The first kappa shape index (κ1) is 10.8. The van der Waals surface area contributed by atoms with Crippen LogP contribution in [0.2, 0.25) is 0 Å². The standard InChI is InChI=1S/C12H8BrNO2/c13-11-5-1-3-9(7-11)10-4-2-6-12(8-10)14(15)16/h1-8H. The first-order valence-corrected chi connectivity index (χ1v) is 5.46. The molecule has 0 saturated carbocycles. The van der Waals surface area contributed by atoms with Crippen LogP contribution in [0.25, 0.3) is 11.1 Å². The fourth-order valence-corrected chi connectivity index (χ4v) is 1.87. The van der Waals surface area contributed by atoms with Crippen LogP contribution in [0, 0.1) is 10.1 Å². The smallest absolute Gasteiger partial charge is 0.258 e. The summed E-state index contributed by atoms with van der Waals surface area (Å²) < 4.78 is 0.955. The minimum Gasteiger partial charge on any atom is -0.258 e. The Bertz CT molecular complexity index is 540. The maximum Gasteiger partial charge on any atom is 0.270 e. The lowest BCUT2D eigenvalue weighted by Crippen LogP contribution is -1.87. The zero-order chi connectivity index (χ0) is 11.5. The summed E-state index contributed by atoms with van der Waals surface area (Å²) in [5, 5.41) is 10.6. The molecule has 80 valence electrons. The van der Waals surface area contributed by atoms with Gasteiger partial charge in [-0.25, -0.2) is 0 Å². The highest BCUT2D eigenvalue weighted by atomic mass is 79.9. The lowest BCUT2D eigenvalue weighted by atomic mass is 10.1. The van der Waals surface area contributed by atoms with Crippen LogP contribution in [-0.4, -0.2) is 4.92 Å². The quantitative estimate of drug-likeness (QED) is 0.615. The topological polar surface area (TPSA) is 43.1 Å². The largest absolute Gasteiger partial charge is 0.270 e. The Balaban J connectivity index is 2.48. The number of rotatable bonds is 2. The van der Waals surface area contributed by atoms with Gasteiger partial charge in [0.05, 0.1) is 4.92 Å². The molecule has 0 aliphatic rings. The summed E-state index contributed by atoms with van der Waals surface area (Å²) in [5.74, 6) is 0. The van der Waals surface area contributed by atoms with Crippen molar-refractivity contribution in [2.45, 2.75) is 0 Å². The van der Waals surface area contributed by atoms with E-state index in [0.29, 0.717) is 0 Å². The van der Waals surface area contributed by atoms with Gasteiger partial charge >= 0.3 is 0 Å². The van der Waals surface area contributed by atoms with E-state index in [2.05, 4.69) is 15.9 Å². The van der Waals surface area contributed by atoms with Crippen LogP contribution in [0.5, 0.6) is 0 Å². The number of hydrogen-bond acceptors (Lipinski definition) is 2. The SMILES string of the molecule is O=[N+]([O-])c1cccc(-c2cccc(Br)c2)c1. The average Bonchev–Trinajstić information content (AvgIpc) is 2.29. The van der Waals surface area contributed by atoms with Crippen LogP contribution in [-0.2, 0) is 0 Å². The van der Waals surface area contributed by atoms with E-state index in [1.807, 2.05) is 30.3 Å². The van der Waals surface area contributed by atoms with E-state index in [4.69, 9.17) is 0 Å². The third-order valence-electron chi connectivity index (χ3n) is 2.21. The maximum atomic E-state index is 10.6. The highest BCUT2D eigenvalue weighted by molar-refractivity contribution is 9.10. The first-order chi connectivity index (χ1) is 7.66. The van der Waals surface area contributed by atoms with Gasteiger partial charge in [0, 0.05) is 16.6 Å². The Labute approximate surface area is 101 Å². The molecule has 0 unspecified atom stereocenters. The Morgan fingerprint density at radius 2 is 1.62 bits per heavy atom. The number of nitro benzene ring substituents is 1. The van der Waals surface area contributed by atoms with Gasteiger partial charge in [0.25, 0.3) is 5.69 Å². The molecule has 16 heavy (non-hydrogen) atoms. The average molecular weight is 278 g/mol. The van der Waals surface area contributed by atoms with Crippen molar-refractivity contribution in [3.05, 3.63) is 63.1 Å². The van der Waals surface area contributed by atoms with E-state index in [-0.39, 0.29) is 10.6 Å². The highest BCUT2D eigenvalue weighted by Gasteiger charge is 2.06. The van der Waals surface area contributed by atoms with E-state index in [1.165, 1.54) is 6.07 Å². The second-order valence-corrected chi connectivity index (χ2v) is 4.23. The minimum atomic E-state index is -0.387. The number of benzene rings is 2. The van der Waals surface area contributed by atoms with Gasteiger partial charge < -0.3 is 0 Å². The molecule has 0 aliphatic carbocycles. The van der Waals surface area contributed by atoms with Gasteiger partial charge in [0.1, 0.15) is 0 Å². The van der Waals surface area contributed by atoms with E-state index in [9.17, 15) is 10.1 Å². The second-order valence-electron chi connectivity index (χ2n) is 3.32. The summed E-state index contributed by atoms with van der Waals surface area (Å²) in [6, 6.07) is 14.3. The third-order valence-corrected chi connectivity index (χ3v) is 2.71.